The third-order valence-corrected chi connectivity index (χ3v) is 3.62. The van der Waals surface area contributed by atoms with Crippen molar-refractivity contribution in [2.45, 2.75) is 38.2 Å². The lowest BCUT2D eigenvalue weighted by molar-refractivity contribution is -0.147. The molecule has 1 aromatic rings. The largest absolute Gasteiger partial charge is 0.367 e. The topological polar surface area (TPSA) is 39.2 Å². The van der Waals surface area contributed by atoms with E-state index in [9.17, 15) is 4.79 Å². The van der Waals surface area contributed by atoms with Gasteiger partial charge < -0.3 is 4.74 Å². The van der Waals surface area contributed by atoms with Gasteiger partial charge in [-0.1, -0.05) is 0 Å². The Balaban J connectivity index is 2.05. The summed E-state index contributed by atoms with van der Waals surface area (Å²) in [6.07, 6.45) is 6.79. The van der Waals surface area contributed by atoms with Crippen molar-refractivity contribution in [1.82, 2.24) is 4.98 Å². The lowest BCUT2D eigenvalue weighted by Gasteiger charge is -2.32. The molecule has 1 aromatic heterocycles. The van der Waals surface area contributed by atoms with Gasteiger partial charge >= 0.3 is 0 Å². The Hall–Kier alpha value is -0.740. The maximum absolute atomic E-state index is 12.2. The van der Waals surface area contributed by atoms with E-state index in [1.54, 1.807) is 12.4 Å². The molecule has 1 atom stereocenters. The van der Waals surface area contributed by atoms with Crippen molar-refractivity contribution in [3.05, 3.63) is 28.5 Å². The Bertz CT molecular complexity index is 414. The molecule has 0 saturated carbocycles. The number of ketones is 1. The first kappa shape index (κ1) is 12.7. The molecule has 92 valence electrons. The number of pyridine rings is 1. The van der Waals surface area contributed by atoms with Gasteiger partial charge in [-0.3, -0.25) is 9.78 Å². The van der Waals surface area contributed by atoms with Crippen LogP contribution in [-0.2, 0) is 16.0 Å². The van der Waals surface area contributed by atoms with Crippen LogP contribution in [0.3, 0.4) is 0 Å². The number of halogens is 1. The molecule has 1 unspecified atom stereocenters. The van der Waals surface area contributed by atoms with Gasteiger partial charge in [0.05, 0.1) is 0 Å². The molecule has 1 saturated heterocycles. The van der Waals surface area contributed by atoms with E-state index in [4.69, 9.17) is 4.74 Å². The second kappa shape index (κ2) is 5.27. The van der Waals surface area contributed by atoms with Crippen LogP contribution < -0.4 is 0 Å². The van der Waals surface area contributed by atoms with Gasteiger partial charge in [0.25, 0.3) is 0 Å². The minimum absolute atomic E-state index is 0.150. The molecule has 0 amide bonds. The number of nitrogens with zero attached hydrogens (tertiary/aromatic N) is 1. The van der Waals surface area contributed by atoms with Crippen LogP contribution in [0.25, 0.3) is 0 Å². The van der Waals surface area contributed by atoms with Gasteiger partial charge in [-0.15, -0.1) is 0 Å². The van der Waals surface area contributed by atoms with Crippen LogP contribution in [0, 0.1) is 0 Å². The molecule has 2 heterocycles. The molecule has 1 aliphatic heterocycles. The summed E-state index contributed by atoms with van der Waals surface area (Å²) in [6, 6.07) is 1.93. The first-order valence-corrected chi connectivity index (χ1v) is 6.66. The second-order valence-electron chi connectivity index (χ2n) is 4.65. The SMILES string of the molecule is CC1(C(=O)Cc2cncc(Br)c2)CCCCO1. The summed E-state index contributed by atoms with van der Waals surface area (Å²) >= 11 is 3.36. The maximum Gasteiger partial charge on any atom is 0.168 e. The lowest BCUT2D eigenvalue weighted by atomic mass is 9.88. The maximum atomic E-state index is 12.2. The highest BCUT2D eigenvalue weighted by atomic mass is 79.9. The van der Waals surface area contributed by atoms with Crippen LogP contribution in [0.5, 0.6) is 0 Å². The quantitative estimate of drug-likeness (QED) is 0.861. The van der Waals surface area contributed by atoms with E-state index >= 15 is 0 Å². The average Bonchev–Trinajstić information content (AvgIpc) is 2.30. The van der Waals surface area contributed by atoms with Crippen molar-refractivity contribution in [2.24, 2.45) is 0 Å². The fraction of sp³-hybridized carbons (Fsp3) is 0.538. The molecule has 4 heteroatoms. The van der Waals surface area contributed by atoms with Crippen molar-refractivity contribution in [2.75, 3.05) is 6.61 Å². The predicted molar refractivity (Wildman–Crippen MR) is 68.9 cm³/mol. The van der Waals surface area contributed by atoms with E-state index in [0.29, 0.717) is 13.0 Å². The smallest absolute Gasteiger partial charge is 0.168 e. The van der Waals surface area contributed by atoms with Crippen LogP contribution in [0.1, 0.15) is 31.7 Å². The molecule has 3 nitrogen and oxygen atoms in total. The number of hydrogen-bond donors (Lipinski definition) is 0. The Kier molecular flexibility index (Phi) is 3.94. The van der Waals surface area contributed by atoms with Gasteiger partial charge in [0.1, 0.15) is 5.60 Å². The van der Waals surface area contributed by atoms with Crippen LogP contribution in [0.4, 0.5) is 0 Å². The normalized spacial score (nSPS) is 24.6. The van der Waals surface area contributed by atoms with E-state index in [1.807, 2.05) is 13.0 Å². The minimum Gasteiger partial charge on any atom is -0.367 e. The van der Waals surface area contributed by atoms with Gasteiger partial charge in [-0.2, -0.15) is 0 Å². The number of hydrogen-bond acceptors (Lipinski definition) is 3. The van der Waals surface area contributed by atoms with Crippen molar-refractivity contribution in [1.29, 1.82) is 0 Å². The predicted octanol–water partition coefficient (Wildman–Crippen LogP) is 2.91. The van der Waals surface area contributed by atoms with Gasteiger partial charge in [-0.05, 0) is 53.7 Å². The summed E-state index contributed by atoms with van der Waals surface area (Å²) in [5.74, 6) is 0.150. The van der Waals surface area contributed by atoms with E-state index in [0.717, 1.165) is 29.3 Å². The number of rotatable bonds is 3. The number of Topliss-reactive ketones (excluding diaryl/α,β-unsaturated/α-hetero) is 1. The summed E-state index contributed by atoms with van der Waals surface area (Å²) in [7, 11) is 0. The van der Waals surface area contributed by atoms with Crippen LogP contribution in [0.15, 0.2) is 22.9 Å². The van der Waals surface area contributed by atoms with Gasteiger partial charge in [0, 0.05) is 29.9 Å². The molecule has 17 heavy (non-hydrogen) atoms. The molecule has 0 N–H and O–H groups in total. The number of carbonyl (C=O) groups is 1. The monoisotopic (exact) mass is 297 g/mol. The summed E-state index contributed by atoms with van der Waals surface area (Å²) < 4.78 is 6.55. The fourth-order valence-electron chi connectivity index (χ4n) is 2.08. The highest BCUT2D eigenvalue weighted by molar-refractivity contribution is 9.10. The second-order valence-corrected chi connectivity index (χ2v) is 5.56. The highest BCUT2D eigenvalue weighted by Gasteiger charge is 2.35. The number of ether oxygens (including phenoxy) is 1. The molecule has 0 aliphatic carbocycles. The first-order chi connectivity index (χ1) is 8.10. The first-order valence-electron chi connectivity index (χ1n) is 5.87. The molecular weight excluding hydrogens is 282 g/mol. The number of aromatic nitrogens is 1. The van der Waals surface area contributed by atoms with E-state index < -0.39 is 5.60 Å². The van der Waals surface area contributed by atoms with E-state index in [2.05, 4.69) is 20.9 Å². The van der Waals surface area contributed by atoms with E-state index in [-0.39, 0.29) is 5.78 Å². The third-order valence-electron chi connectivity index (χ3n) is 3.18. The molecular formula is C13H16BrNO2. The summed E-state index contributed by atoms with van der Waals surface area (Å²) in [5, 5.41) is 0. The zero-order chi connectivity index (χ0) is 12.3. The van der Waals surface area contributed by atoms with Gasteiger partial charge in [0.15, 0.2) is 5.78 Å². The Morgan fingerprint density at radius 1 is 1.53 bits per heavy atom. The molecule has 1 fully saturated rings. The standard InChI is InChI=1S/C13H16BrNO2/c1-13(4-2-3-5-17-13)12(16)7-10-6-11(14)9-15-8-10/h6,8-9H,2-5,7H2,1H3. The molecule has 2 rings (SSSR count). The summed E-state index contributed by atoms with van der Waals surface area (Å²) in [4.78, 5) is 16.3. The van der Waals surface area contributed by atoms with Crippen LogP contribution >= 0.6 is 15.9 Å². The Morgan fingerprint density at radius 3 is 3.00 bits per heavy atom. The summed E-state index contributed by atoms with van der Waals surface area (Å²) in [6.45, 7) is 2.60. The van der Waals surface area contributed by atoms with Crippen molar-refractivity contribution < 1.29 is 9.53 Å². The Morgan fingerprint density at radius 2 is 2.35 bits per heavy atom. The van der Waals surface area contributed by atoms with E-state index in [1.165, 1.54) is 0 Å². The summed E-state index contributed by atoms with van der Waals surface area (Å²) in [5.41, 5.74) is 0.334. The van der Waals surface area contributed by atoms with Crippen molar-refractivity contribution in [3.8, 4) is 0 Å². The molecule has 1 aliphatic rings. The van der Waals surface area contributed by atoms with Crippen molar-refractivity contribution >= 4 is 21.7 Å². The zero-order valence-electron chi connectivity index (χ0n) is 9.91. The zero-order valence-corrected chi connectivity index (χ0v) is 11.5. The number of carbonyl (C=O) groups excluding carboxylic acids is 1. The fourth-order valence-corrected chi connectivity index (χ4v) is 2.49. The minimum atomic E-state index is -0.597. The lowest BCUT2D eigenvalue weighted by Crippen LogP contribution is -2.42. The van der Waals surface area contributed by atoms with Crippen molar-refractivity contribution in [3.63, 3.8) is 0 Å². The molecule has 0 spiro atoms. The van der Waals surface area contributed by atoms with Crippen LogP contribution in [-0.4, -0.2) is 23.0 Å². The van der Waals surface area contributed by atoms with Crippen LogP contribution in [0.2, 0.25) is 0 Å². The third kappa shape index (κ3) is 3.13. The van der Waals surface area contributed by atoms with Gasteiger partial charge in [0.2, 0.25) is 0 Å². The molecule has 0 bridgehead atoms. The highest BCUT2D eigenvalue weighted by Crippen LogP contribution is 2.26. The molecule has 0 aromatic carbocycles. The Labute approximate surface area is 110 Å². The molecule has 0 radical (unpaired) electrons. The average molecular weight is 298 g/mol. The van der Waals surface area contributed by atoms with Gasteiger partial charge in [-0.25, -0.2) is 0 Å².